The van der Waals surface area contributed by atoms with E-state index < -0.39 is 0 Å². The van der Waals surface area contributed by atoms with Crippen molar-refractivity contribution >= 4 is 17.2 Å². The van der Waals surface area contributed by atoms with Crippen molar-refractivity contribution in [2.24, 2.45) is 0 Å². The molecule has 4 heterocycles. The minimum absolute atomic E-state index is 0.0609. The van der Waals surface area contributed by atoms with Gasteiger partial charge in [0.1, 0.15) is 6.20 Å². The summed E-state index contributed by atoms with van der Waals surface area (Å²) in [4.78, 5) is 16.9. The van der Waals surface area contributed by atoms with Crippen LogP contribution in [-0.2, 0) is 0 Å². The van der Waals surface area contributed by atoms with Crippen molar-refractivity contribution in [2.75, 3.05) is 7.11 Å². The molecule has 2 aromatic heterocycles. The maximum atomic E-state index is 12.4. The quantitative estimate of drug-likeness (QED) is 0.871. The summed E-state index contributed by atoms with van der Waals surface area (Å²) in [6.45, 7) is 0. The number of oxazole rings is 1. The molecule has 2 saturated heterocycles. The Morgan fingerprint density at radius 1 is 1.48 bits per heavy atom. The zero-order valence-corrected chi connectivity index (χ0v) is 13.4. The van der Waals surface area contributed by atoms with Crippen molar-refractivity contribution in [2.45, 2.75) is 37.4 Å². The largest absolute Gasteiger partial charge is 0.467 e. The van der Waals surface area contributed by atoms with E-state index in [4.69, 9.17) is 13.9 Å². The molecule has 2 aliphatic heterocycles. The van der Waals surface area contributed by atoms with Gasteiger partial charge in [0, 0.05) is 18.1 Å². The molecule has 2 N–H and O–H groups in total. The molecule has 2 fully saturated rings. The summed E-state index contributed by atoms with van der Waals surface area (Å²) >= 11 is 1.26. The van der Waals surface area contributed by atoms with Crippen LogP contribution in [0, 0.1) is 0 Å². The van der Waals surface area contributed by atoms with Crippen molar-refractivity contribution in [3.63, 3.8) is 0 Å². The summed E-state index contributed by atoms with van der Waals surface area (Å²) in [5.74, 6) is 0.215. The van der Waals surface area contributed by atoms with Gasteiger partial charge in [0.15, 0.2) is 5.06 Å². The third-order valence-corrected chi connectivity index (χ3v) is 5.24. The molecule has 0 saturated carbocycles. The van der Waals surface area contributed by atoms with Crippen LogP contribution in [0.3, 0.4) is 0 Å². The molecule has 0 spiro atoms. The number of thiophene rings is 1. The Balaban J connectivity index is 1.38. The first-order valence-corrected chi connectivity index (χ1v) is 8.37. The zero-order valence-electron chi connectivity index (χ0n) is 12.6. The second kappa shape index (κ2) is 5.86. The van der Waals surface area contributed by atoms with E-state index in [1.54, 1.807) is 12.1 Å². The molecule has 2 aliphatic rings. The van der Waals surface area contributed by atoms with Gasteiger partial charge in [0.2, 0.25) is 0 Å². The Morgan fingerprint density at radius 3 is 3.09 bits per heavy atom. The normalized spacial score (nSPS) is 25.5. The molecule has 2 aromatic rings. The zero-order chi connectivity index (χ0) is 15.8. The monoisotopic (exact) mass is 335 g/mol. The van der Waals surface area contributed by atoms with Crippen LogP contribution >= 0.6 is 11.3 Å². The van der Waals surface area contributed by atoms with Crippen LogP contribution in [-0.4, -0.2) is 36.1 Å². The maximum Gasteiger partial charge on any atom is 0.403 e. The summed E-state index contributed by atoms with van der Waals surface area (Å²) < 4.78 is 15.6. The summed E-state index contributed by atoms with van der Waals surface area (Å²) in [6, 6.07) is 4.68. The summed E-state index contributed by atoms with van der Waals surface area (Å²) in [5.41, 5.74) is 0. The lowest BCUT2D eigenvalue weighted by Crippen LogP contribution is -2.42. The average Bonchev–Trinajstić information content (AvgIpc) is 3.32. The van der Waals surface area contributed by atoms with Crippen LogP contribution in [0.15, 0.2) is 22.7 Å². The minimum atomic E-state index is -0.0609. The molecule has 3 unspecified atom stereocenters. The van der Waals surface area contributed by atoms with Gasteiger partial charge < -0.3 is 24.5 Å². The van der Waals surface area contributed by atoms with Crippen molar-refractivity contribution in [3.05, 3.63) is 23.2 Å². The van der Waals surface area contributed by atoms with Gasteiger partial charge >= 0.3 is 12.0 Å². The minimum Gasteiger partial charge on any atom is -0.467 e. The summed E-state index contributed by atoms with van der Waals surface area (Å²) in [7, 11) is 1.49. The fourth-order valence-corrected chi connectivity index (χ4v) is 3.95. The van der Waals surface area contributed by atoms with Crippen LogP contribution in [0.1, 0.15) is 28.9 Å². The highest BCUT2D eigenvalue weighted by molar-refractivity contribution is 7.15. The second-order valence-electron chi connectivity index (χ2n) is 5.73. The fourth-order valence-electron chi connectivity index (χ4n) is 3.19. The molecule has 3 atom stereocenters. The van der Waals surface area contributed by atoms with Crippen LogP contribution in [0.2, 0.25) is 0 Å². The van der Waals surface area contributed by atoms with E-state index in [1.807, 2.05) is 0 Å². The van der Waals surface area contributed by atoms with E-state index in [0.29, 0.717) is 22.0 Å². The Bertz CT molecular complexity index is 713. The highest BCUT2D eigenvalue weighted by Crippen LogP contribution is 2.32. The Hall–Kier alpha value is -2.06. The first-order valence-electron chi connectivity index (χ1n) is 7.55. The molecule has 122 valence electrons. The first kappa shape index (κ1) is 14.5. The smallest absolute Gasteiger partial charge is 0.403 e. The number of carbonyl (C=O) groups excluding carboxylic acids is 1. The first-order chi connectivity index (χ1) is 11.2. The van der Waals surface area contributed by atoms with Gasteiger partial charge in [0.25, 0.3) is 5.91 Å². The predicted octanol–water partition coefficient (Wildman–Crippen LogP) is 2.16. The topological polar surface area (TPSA) is 85.6 Å². The fraction of sp³-hybridized carbons (Fsp3) is 0.467. The maximum absolute atomic E-state index is 12.4. The van der Waals surface area contributed by atoms with Crippen molar-refractivity contribution in [3.8, 4) is 17.1 Å². The van der Waals surface area contributed by atoms with E-state index in [0.717, 1.165) is 12.8 Å². The average molecular weight is 335 g/mol. The van der Waals surface area contributed by atoms with Crippen molar-refractivity contribution in [1.82, 2.24) is 15.6 Å². The Morgan fingerprint density at radius 2 is 2.39 bits per heavy atom. The molecule has 1 amide bonds. The molecular formula is C15H17N3O4S. The molecule has 4 rings (SSSR count). The Labute approximate surface area is 137 Å². The van der Waals surface area contributed by atoms with E-state index in [9.17, 15) is 4.79 Å². The van der Waals surface area contributed by atoms with E-state index in [1.165, 1.54) is 31.1 Å². The summed E-state index contributed by atoms with van der Waals surface area (Å²) in [5, 5.41) is 7.17. The SMILES string of the molecule is COc1cnc(Oc2ccc(C(=O)NC3CC4CCC3N4)s2)o1. The molecule has 0 radical (unpaired) electrons. The van der Waals surface area contributed by atoms with Crippen LogP contribution in [0.5, 0.6) is 17.1 Å². The van der Waals surface area contributed by atoms with Crippen molar-refractivity contribution in [1.29, 1.82) is 0 Å². The number of hydrogen-bond acceptors (Lipinski definition) is 7. The number of ether oxygens (including phenoxy) is 2. The lowest BCUT2D eigenvalue weighted by atomic mass is 9.95. The Kier molecular flexibility index (Phi) is 3.70. The number of carbonyl (C=O) groups is 1. The third kappa shape index (κ3) is 2.91. The van der Waals surface area contributed by atoms with Gasteiger partial charge in [-0.3, -0.25) is 4.79 Å². The number of nitrogens with one attached hydrogen (secondary N) is 2. The summed E-state index contributed by atoms with van der Waals surface area (Å²) in [6.07, 6.45) is 4.89. The van der Waals surface area contributed by atoms with E-state index in [-0.39, 0.29) is 24.0 Å². The highest BCUT2D eigenvalue weighted by Gasteiger charge is 2.39. The highest BCUT2D eigenvalue weighted by atomic mass is 32.1. The standard InChI is InChI=1S/C15H17N3O4S/c1-20-12-7-16-15(21-12)22-13-5-4-11(23-13)14(19)18-10-6-8-2-3-9(10)17-8/h4-5,7-10,17H,2-3,6H2,1H3,(H,18,19). The van der Waals surface area contributed by atoms with Gasteiger partial charge in [-0.1, -0.05) is 11.3 Å². The predicted molar refractivity (Wildman–Crippen MR) is 83.3 cm³/mol. The number of hydrogen-bond donors (Lipinski definition) is 2. The number of methoxy groups -OCH3 is 1. The van der Waals surface area contributed by atoms with Crippen LogP contribution in [0.4, 0.5) is 0 Å². The lowest BCUT2D eigenvalue weighted by molar-refractivity contribution is 0.0935. The van der Waals surface area contributed by atoms with Gasteiger partial charge in [-0.25, -0.2) is 0 Å². The molecule has 23 heavy (non-hydrogen) atoms. The van der Waals surface area contributed by atoms with Gasteiger partial charge in [-0.15, -0.1) is 0 Å². The molecule has 0 aliphatic carbocycles. The number of aromatic nitrogens is 1. The molecule has 7 nitrogen and oxygen atoms in total. The van der Waals surface area contributed by atoms with E-state index >= 15 is 0 Å². The second-order valence-corrected chi connectivity index (χ2v) is 6.78. The number of rotatable bonds is 5. The van der Waals surface area contributed by atoms with Crippen LogP contribution in [0.25, 0.3) is 0 Å². The molecule has 2 bridgehead atoms. The third-order valence-electron chi connectivity index (χ3n) is 4.27. The molecular weight excluding hydrogens is 318 g/mol. The molecule has 0 aromatic carbocycles. The number of nitrogens with zero attached hydrogens (tertiary/aromatic N) is 1. The number of fused-ring (bicyclic) bond motifs is 2. The number of amides is 1. The van der Waals surface area contributed by atoms with Crippen LogP contribution < -0.4 is 20.1 Å². The lowest BCUT2D eigenvalue weighted by Gasteiger charge is -2.20. The van der Waals surface area contributed by atoms with Gasteiger partial charge in [-0.2, -0.15) is 4.98 Å². The van der Waals surface area contributed by atoms with Gasteiger partial charge in [0.05, 0.1) is 12.0 Å². The van der Waals surface area contributed by atoms with Crippen molar-refractivity contribution < 1.29 is 18.7 Å². The van der Waals surface area contributed by atoms with Gasteiger partial charge in [-0.05, 0) is 31.4 Å². The van der Waals surface area contributed by atoms with E-state index in [2.05, 4.69) is 15.6 Å². The molecule has 8 heteroatoms.